The number of quaternary nitrogens is 1. The summed E-state index contributed by atoms with van der Waals surface area (Å²) >= 11 is 0. The number of hydrogen-bond donors (Lipinski definition) is 4. The number of benzene rings is 3. The molecule has 0 aliphatic heterocycles. The highest BCUT2D eigenvalue weighted by Gasteiger charge is 2.24. The number of nitrogens with two attached hydrogens (primary N) is 2. The van der Waals surface area contributed by atoms with Crippen molar-refractivity contribution < 1.29 is 29.1 Å². The number of amides is 2. The Balaban J connectivity index is 2.01. The van der Waals surface area contributed by atoms with Crippen molar-refractivity contribution in [1.82, 2.24) is 5.43 Å². The number of ether oxygens (including phenoxy) is 3. The number of hydrogen-bond acceptors (Lipinski definition) is 6. The van der Waals surface area contributed by atoms with Gasteiger partial charge in [0.2, 0.25) is 5.75 Å². The first kappa shape index (κ1) is 25.5. The normalized spacial score (nSPS) is 11.3. The van der Waals surface area contributed by atoms with Crippen LogP contribution in [0, 0.1) is 6.92 Å². The molecule has 35 heavy (non-hydrogen) atoms. The Hall–Kier alpha value is -4.08. The highest BCUT2D eigenvalue weighted by molar-refractivity contribution is 6.05. The number of rotatable bonds is 10. The third-order valence-electron chi connectivity index (χ3n) is 5.58. The Morgan fingerprint density at radius 2 is 1.60 bits per heavy atom. The van der Waals surface area contributed by atoms with E-state index < -0.39 is 0 Å². The quantitative estimate of drug-likeness (QED) is 0.200. The van der Waals surface area contributed by atoms with Crippen molar-refractivity contribution in [3.63, 3.8) is 0 Å². The molecule has 0 saturated heterocycles. The van der Waals surface area contributed by atoms with Crippen molar-refractivity contribution in [3.05, 3.63) is 82.9 Å². The highest BCUT2D eigenvalue weighted by atomic mass is 16.5. The van der Waals surface area contributed by atoms with Crippen molar-refractivity contribution in [2.24, 2.45) is 5.84 Å². The Kier molecular flexibility index (Phi) is 8.66. The van der Waals surface area contributed by atoms with Gasteiger partial charge in [0, 0.05) is 16.7 Å². The molecule has 0 fully saturated rings. The van der Waals surface area contributed by atoms with E-state index in [1.54, 1.807) is 12.1 Å². The first-order valence-electron chi connectivity index (χ1n) is 11.0. The third kappa shape index (κ3) is 6.08. The lowest BCUT2D eigenvalue weighted by Crippen LogP contribution is -2.88. The van der Waals surface area contributed by atoms with Gasteiger partial charge in [0.1, 0.15) is 6.04 Å². The zero-order valence-corrected chi connectivity index (χ0v) is 20.3. The van der Waals surface area contributed by atoms with Crippen LogP contribution < -0.4 is 36.1 Å². The summed E-state index contributed by atoms with van der Waals surface area (Å²) in [5, 5.41) is 4.89. The maximum Gasteiger partial charge on any atom is 0.288 e. The van der Waals surface area contributed by atoms with Crippen molar-refractivity contribution in [2.75, 3.05) is 33.2 Å². The Morgan fingerprint density at radius 1 is 0.943 bits per heavy atom. The molecule has 2 amide bonds. The van der Waals surface area contributed by atoms with E-state index in [0.29, 0.717) is 28.5 Å². The van der Waals surface area contributed by atoms with Crippen LogP contribution >= 0.6 is 0 Å². The second-order valence-corrected chi connectivity index (χ2v) is 7.85. The van der Waals surface area contributed by atoms with E-state index in [4.69, 9.17) is 20.1 Å². The summed E-state index contributed by atoms with van der Waals surface area (Å²) in [7, 11) is 4.49. The third-order valence-corrected chi connectivity index (χ3v) is 5.58. The molecule has 0 aliphatic carbocycles. The number of hydrazine groups is 1. The summed E-state index contributed by atoms with van der Waals surface area (Å²) in [6.45, 7) is 2.09. The molecule has 3 rings (SSSR count). The van der Waals surface area contributed by atoms with E-state index in [1.165, 1.54) is 21.3 Å². The van der Waals surface area contributed by atoms with Gasteiger partial charge in [0.15, 0.2) is 18.0 Å². The van der Waals surface area contributed by atoms with E-state index in [9.17, 15) is 9.59 Å². The largest absolute Gasteiger partial charge is 0.493 e. The van der Waals surface area contributed by atoms with E-state index in [2.05, 4.69) is 10.7 Å². The Morgan fingerprint density at radius 3 is 2.17 bits per heavy atom. The maximum atomic E-state index is 13.3. The van der Waals surface area contributed by atoms with Crippen LogP contribution in [0.2, 0.25) is 0 Å². The van der Waals surface area contributed by atoms with Gasteiger partial charge in [-0.2, -0.15) is 0 Å². The lowest BCUT2D eigenvalue weighted by Gasteiger charge is -2.21. The van der Waals surface area contributed by atoms with Gasteiger partial charge in [-0.15, -0.1) is 0 Å². The molecule has 0 heterocycles. The lowest BCUT2D eigenvalue weighted by atomic mass is 9.95. The van der Waals surface area contributed by atoms with Crippen LogP contribution in [0.5, 0.6) is 17.2 Å². The molecule has 9 nitrogen and oxygen atoms in total. The first-order chi connectivity index (χ1) is 16.9. The molecule has 6 N–H and O–H groups in total. The zero-order chi connectivity index (χ0) is 25.4. The number of carbonyl (C=O) groups excluding carboxylic acids is 2. The number of aryl methyl sites for hydroxylation is 1. The average molecular weight is 480 g/mol. The molecule has 0 aromatic heterocycles. The maximum absolute atomic E-state index is 13.3. The molecular weight excluding hydrogens is 448 g/mol. The number of methoxy groups -OCH3 is 3. The van der Waals surface area contributed by atoms with E-state index >= 15 is 0 Å². The second kappa shape index (κ2) is 11.9. The van der Waals surface area contributed by atoms with Crippen LogP contribution in [0.4, 0.5) is 5.69 Å². The summed E-state index contributed by atoms with van der Waals surface area (Å²) in [5.74, 6) is 5.79. The molecule has 9 heteroatoms. The van der Waals surface area contributed by atoms with Crippen molar-refractivity contribution >= 4 is 17.5 Å². The van der Waals surface area contributed by atoms with Gasteiger partial charge in [0.25, 0.3) is 11.8 Å². The van der Waals surface area contributed by atoms with Crippen LogP contribution in [0.1, 0.15) is 33.1 Å². The fourth-order valence-electron chi connectivity index (χ4n) is 3.85. The fraction of sp³-hybridized carbons (Fsp3) is 0.231. The zero-order valence-electron chi connectivity index (χ0n) is 20.3. The average Bonchev–Trinajstić information content (AvgIpc) is 2.89. The van der Waals surface area contributed by atoms with Gasteiger partial charge in [-0.1, -0.05) is 42.0 Å². The van der Waals surface area contributed by atoms with Crippen LogP contribution in [0.3, 0.4) is 0 Å². The van der Waals surface area contributed by atoms with Gasteiger partial charge in [-0.05, 0) is 31.2 Å². The van der Waals surface area contributed by atoms with Crippen LogP contribution in [-0.4, -0.2) is 39.7 Å². The lowest BCUT2D eigenvalue weighted by molar-refractivity contribution is -0.676. The molecule has 3 aromatic rings. The molecule has 1 atom stereocenters. The molecule has 0 radical (unpaired) electrons. The van der Waals surface area contributed by atoms with Crippen molar-refractivity contribution in [1.29, 1.82) is 0 Å². The minimum absolute atomic E-state index is 0.115. The highest BCUT2D eigenvalue weighted by Crippen LogP contribution is 2.38. The molecule has 184 valence electrons. The smallest absolute Gasteiger partial charge is 0.288 e. The van der Waals surface area contributed by atoms with Crippen LogP contribution in [0.15, 0.2) is 60.7 Å². The minimum Gasteiger partial charge on any atom is -0.493 e. The SMILES string of the molecule is COc1cc(C(=O)Nc2ccc(C)cc2[C@H]([NH2+]CC(=O)NN)c2ccccc2)cc(OC)c1OC. The van der Waals surface area contributed by atoms with Gasteiger partial charge < -0.3 is 24.8 Å². The van der Waals surface area contributed by atoms with E-state index in [-0.39, 0.29) is 24.4 Å². The molecule has 0 bridgehead atoms. The fourth-order valence-corrected chi connectivity index (χ4v) is 3.85. The summed E-state index contributed by atoms with van der Waals surface area (Å²) in [5.41, 5.74) is 5.96. The number of anilines is 1. The molecule has 0 aliphatic rings. The summed E-state index contributed by atoms with van der Waals surface area (Å²) in [4.78, 5) is 25.2. The van der Waals surface area contributed by atoms with Gasteiger partial charge in [-0.25, -0.2) is 5.84 Å². The summed E-state index contributed by atoms with van der Waals surface area (Å²) in [6.07, 6.45) is 0. The molecular formula is C26H31N4O5+. The topological polar surface area (TPSA) is 129 Å². The standard InChI is InChI=1S/C26H30N4O5/c1-16-10-11-20(29-26(32)18-13-21(33-2)25(35-4)22(14-18)34-3)19(12-16)24(28-15-23(31)30-27)17-8-6-5-7-9-17/h5-14,24,28H,15,27H2,1-4H3,(H,29,32)(H,30,31)/p+1/t24-/m1/s1. The minimum atomic E-state index is -0.346. The van der Waals surface area contributed by atoms with Gasteiger partial charge in [-0.3, -0.25) is 15.0 Å². The first-order valence-corrected chi connectivity index (χ1v) is 11.0. The second-order valence-electron chi connectivity index (χ2n) is 7.85. The Bertz CT molecular complexity index is 1160. The monoisotopic (exact) mass is 479 g/mol. The number of nitrogens with one attached hydrogen (secondary N) is 2. The van der Waals surface area contributed by atoms with Crippen LogP contribution in [0.25, 0.3) is 0 Å². The molecule has 0 saturated carbocycles. The predicted octanol–water partition coefficient (Wildman–Crippen LogP) is 1.92. The summed E-state index contributed by atoms with van der Waals surface area (Å²) < 4.78 is 16.1. The summed E-state index contributed by atoms with van der Waals surface area (Å²) in [6, 6.07) is 18.5. The number of carbonyl (C=O) groups is 2. The molecule has 0 unspecified atom stereocenters. The van der Waals surface area contributed by atoms with E-state index in [1.807, 2.05) is 60.8 Å². The Labute approximate surface area is 204 Å². The molecule has 3 aromatic carbocycles. The molecule has 0 spiro atoms. The van der Waals surface area contributed by atoms with Crippen molar-refractivity contribution in [2.45, 2.75) is 13.0 Å². The predicted molar refractivity (Wildman–Crippen MR) is 133 cm³/mol. The van der Waals surface area contributed by atoms with Crippen LogP contribution in [-0.2, 0) is 4.79 Å². The van der Waals surface area contributed by atoms with Gasteiger partial charge >= 0.3 is 0 Å². The van der Waals surface area contributed by atoms with E-state index in [0.717, 1.165) is 16.7 Å². The van der Waals surface area contributed by atoms with Gasteiger partial charge in [0.05, 0.1) is 27.0 Å². The van der Waals surface area contributed by atoms with Crippen molar-refractivity contribution in [3.8, 4) is 17.2 Å².